The van der Waals surface area contributed by atoms with Gasteiger partial charge in [-0.2, -0.15) is 13.2 Å². The second kappa shape index (κ2) is 5.43. The first-order valence-corrected chi connectivity index (χ1v) is 5.95. The summed E-state index contributed by atoms with van der Waals surface area (Å²) in [6, 6.07) is 4.83. The maximum Gasteiger partial charge on any atom is 0.416 e. The maximum absolute atomic E-state index is 12.6. The molecule has 2 rings (SSSR count). The van der Waals surface area contributed by atoms with Gasteiger partial charge in [0.2, 0.25) is 5.43 Å². The highest BCUT2D eigenvalue weighted by atomic mass is 19.4. The number of aryl methyl sites for hydroxylation is 1. The molecule has 0 fully saturated rings. The third kappa shape index (κ3) is 3.50. The van der Waals surface area contributed by atoms with Gasteiger partial charge in [0, 0.05) is 6.07 Å². The first-order chi connectivity index (χ1) is 9.77. The van der Waals surface area contributed by atoms with Gasteiger partial charge in [-0.1, -0.05) is 18.2 Å². The van der Waals surface area contributed by atoms with E-state index in [1.54, 1.807) is 0 Å². The van der Waals surface area contributed by atoms with Crippen molar-refractivity contribution in [2.75, 3.05) is 0 Å². The van der Waals surface area contributed by atoms with Crippen molar-refractivity contribution in [1.82, 2.24) is 10.2 Å². The van der Waals surface area contributed by atoms with E-state index in [1.807, 2.05) is 0 Å². The number of aromatic amines is 2. The van der Waals surface area contributed by atoms with Gasteiger partial charge in [0.1, 0.15) is 0 Å². The SMILES string of the molecule is Cc1cc(C=Cc2cc(=O)c(=O)[nH][nH]2)ccc1C(F)(F)F. The summed E-state index contributed by atoms with van der Waals surface area (Å²) >= 11 is 0. The number of hydrogen-bond donors (Lipinski definition) is 2. The highest BCUT2D eigenvalue weighted by Gasteiger charge is 2.31. The predicted octanol–water partition coefficient (Wildman–Crippen LogP) is 2.56. The van der Waals surface area contributed by atoms with Crippen LogP contribution in [-0.4, -0.2) is 10.2 Å². The molecule has 0 spiro atoms. The van der Waals surface area contributed by atoms with E-state index in [1.165, 1.54) is 31.2 Å². The lowest BCUT2D eigenvalue weighted by Crippen LogP contribution is -2.27. The minimum Gasteiger partial charge on any atom is -0.298 e. The first-order valence-electron chi connectivity index (χ1n) is 5.95. The predicted molar refractivity (Wildman–Crippen MR) is 72.8 cm³/mol. The zero-order valence-corrected chi connectivity index (χ0v) is 10.9. The van der Waals surface area contributed by atoms with Crippen LogP contribution in [0, 0.1) is 6.92 Å². The van der Waals surface area contributed by atoms with Gasteiger partial charge in [0.15, 0.2) is 0 Å². The quantitative estimate of drug-likeness (QED) is 0.836. The summed E-state index contributed by atoms with van der Waals surface area (Å²) in [6.45, 7) is 1.38. The Morgan fingerprint density at radius 3 is 2.33 bits per heavy atom. The summed E-state index contributed by atoms with van der Waals surface area (Å²) in [5.74, 6) is 0. The number of nitrogens with one attached hydrogen (secondary N) is 2. The van der Waals surface area contributed by atoms with Gasteiger partial charge in [-0.15, -0.1) is 0 Å². The van der Waals surface area contributed by atoms with Crippen LogP contribution < -0.4 is 11.0 Å². The van der Waals surface area contributed by atoms with Gasteiger partial charge in [0.25, 0.3) is 0 Å². The molecule has 0 unspecified atom stereocenters. The Morgan fingerprint density at radius 1 is 1.05 bits per heavy atom. The largest absolute Gasteiger partial charge is 0.416 e. The highest BCUT2D eigenvalue weighted by Crippen LogP contribution is 2.32. The molecular formula is C14H11F3N2O2. The van der Waals surface area contributed by atoms with Crippen LogP contribution in [0.4, 0.5) is 13.2 Å². The molecule has 1 aromatic carbocycles. The fourth-order valence-electron chi connectivity index (χ4n) is 1.82. The number of benzene rings is 1. The summed E-state index contributed by atoms with van der Waals surface area (Å²) in [4.78, 5) is 22.0. The molecule has 1 heterocycles. The molecule has 0 bridgehead atoms. The monoisotopic (exact) mass is 296 g/mol. The van der Waals surface area contributed by atoms with Crippen LogP contribution in [0.3, 0.4) is 0 Å². The van der Waals surface area contributed by atoms with Gasteiger partial charge < -0.3 is 0 Å². The first kappa shape index (κ1) is 14.8. The van der Waals surface area contributed by atoms with Gasteiger partial charge >= 0.3 is 11.7 Å². The molecule has 0 atom stereocenters. The second-order valence-electron chi connectivity index (χ2n) is 4.45. The Kier molecular flexibility index (Phi) is 3.84. The van der Waals surface area contributed by atoms with E-state index >= 15 is 0 Å². The molecule has 2 aromatic rings. The Bertz CT molecular complexity index is 801. The molecule has 0 amide bonds. The summed E-state index contributed by atoms with van der Waals surface area (Å²) in [5.41, 5.74) is -1.14. The lowest BCUT2D eigenvalue weighted by molar-refractivity contribution is -0.138. The third-order valence-corrected chi connectivity index (χ3v) is 2.84. The van der Waals surface area contributed by atoms with Crippen molar-refractivity contribution in [3.05, 3.63) is 67.2 Å². The van der Waals surface area contributed by atoms with E-state index < -0.39 is 22.7 Å². The van der Waals surface area contributed by atoms with E-state index in [0.29, 0.717) is 11.3 Å². The molecule has 110 valence electrons. The minimum atomic E-state index is -4.38. The molecule has 7 heteroatoms. The molecular weight excluding hydrogens is 285 g/mol. The number of H-pyrrole nitrogens is 2. The minimum absolute atomic E-state index is 0.111. The third-order valence-electron chi connectivity index (χ3n) is 2.84. The van der Waals surface area contributed by atoms with Gasteiger partial charge in [-0.05, 0) is 30.2 Å². The highest BCUT2D eigenvalue weighted by molar-refractivity contribution is 5.68. The lowest BCUT2D eigenvalue weighted by Gasteiger charge is -2.10. The van der Waals surface area contributed by atoms with Crippen LogP contribution in [0.1, 0.15) is 22.4 Å². The second-order valence-corrected chi connectivity index (χ2v) is 4.45. The molecule has 0 aliphatic rings. The van der Waals surface area contributed by atoms with E-state index in [2.05, 4.69) is 10.2 Å². The van der Waals surface area contributed by atoms with E-state index in [4.69, 9.17) is 0 Å². The zero-order chi connectivity index (χ0) is 15.6. The van der Waals surface area contributed by atoms with Gasteiger partial charge in [-0.3, -0.25) is 19.8 Å². The number of rotatable bonds is 2. The Morgan fingerprint density at radius 2 is 1.76 bits per heavy atom. The molecule has 21 heavy (non-hydrogen) atoms. The molecule has 0 saturated carbocycles. The molecule has 0 saturated heterocycles. The van der Waals surface area contributed by atoms with Crippen LogP contribution in [0.2, 0.25) is 0 Å². The van der Waals surface area contributed by atoms with Crippen molar-refractivity contribution in [3.8, 4) is 0 Å². The smallest absolute Gasteiger partial charge is 0.298 e. The Labute approximate surface area is 116 Å². The van der Waals surface area contributed by atoms with Crippen LogP contribution in [0.5, 0.6) is 0 Å². The maximum atomic E-state index is 12.6. The summed E-state index contributed by atoms with van der Waals surface area (Å²) in [5, 5.41) is 4.65. The number of aromatic nitrogens is 2. The zero-order valence-electron chi connectivity index (χ0n) is 10.9. The van der Waals surface area contributed by atoms with Crippen LogP contribution in [0.15, 0.2) is 33.9 Å². The molecule has 0 aliphatic carbocycles. The topological polar surface area (TPSA) is 65.7 Å². The van der Waals surface area contributed by atoms with Crippen molar-refractivity contribution in [3.63, 3.8) is 0 Å². The van der Waals surface area contributed by atoms with Crippen molar-refractivity contribution in [2.24, 2.45) is 0 Å². The van der Waals surface area contributed by atoms with Crippen LogP contribution >= 0.6 is 0 Å². The van der Waals surface area contributed by atoms with E-state index in [0.717, 1.165) is 12.1 Å². The summed E-state index contributed by atoms with van der Waals surface area (Å²) in [6.07, 6.45) is -1.35. The molecule has 1 aromatic heterocycles. The van der Waals surface area contributed by atoms with Crippen molar-refractivity contribution >= 4 is 12.2 Å². The van der Waals surface area contributed by atoms with Crippen LogP contribution in [-0.2, 0) is 6.18 Å². The van der Waals surface area contributed by atoms with Crippen molar-refractivity contribution < 1.29 is 13.2 Å². The summed E-state index contributed by atoms with van der Waals surface area (Å²) in [7, 11) is 0. The lowest BCUT2D eigenvalue weighted by atomic mass is 10.0. The number of halogens is 3. The molecule has 0 aliphatic heterocycles. The van der Waals surface area contributed by atoms with E-state index in [9.17, 15) is 22.8 Å². The van der Waals surface area contributed by atoms with Crippen LogP contribution in [0.25, 0.3) is 12.2 Å². The number of alkyl halides is 3. The van der Waals surface area contributed by atoms with E-state index in [-0.39, 0.29) is 5.56 Å². The molecule has 4 nitrogen and oxygen atoms in total. The summed E-state index contributed by atoms with van der Waals surface area (Å²) < 4.78 is 37.9. The van der Waals surface area contributed by atoms with Crippen molar-refractivity contribution in [1.29, 1.82) is 0 Å². The fraction of sp³-hybridized carbons (Fsp3) is 0.143. The molecule has 0 radical (unpaired) electrons. The van der Waals surface area contributed by atoms with Gasteiger partial charge in [-0.25, -0.2) is 0 Å². The Balaban J connectivity index is 2.29. The fourth-order valence-corrected chi connectivity index (χ4v) is 1.82. The normalized spacial score (nSPS) is 12.0. The average Bonchev–Trinajstić information content (AvgIpc) is 2.39. The molecule has 2 N–H and O–H groups in total. The Hall–Kier alpha value is -2.57. The van der Waals surface area contributed by atoms with Crippen molar-refractivity contribution in [2.45, 2.75) is 13.1 Å². The number of hydrogen-bond acceptors (Lipinski definition) is 2. The average molecular weight is 296 g/mol. The standard InChI is InChI=1S/C14H11F3N2O2/c1-8-6-9(3-5-11(8)14(15,16)17)2-4-10-7-12(20)13(21)19-18-10/h2-7H,1H3,(H,18,20)(H,19,21). The van der Waals surface area contributed by atoms with Gasteiger partial charge in [0.05, 0.1) is 11.3 Å².